The zero-order valence-corrected chi connectivity index (χ0v) is 16.9. The summed E-state index contributed by atoms with van der Waals surface area (Å²) in [5.74, 6) is 0.624. The molecule has 0 saturated carbocycles. The van der Waals surface area contributed by atoms with Gasteiger partial charge in [-0.2, -0.15) is 0 Å². The lowest BCUT2D eigenvalue weighted by atomic mass is 10.2. The third-order valence-electron chi connectivity index (χ3n) is 2.78. The van der Waals surface area contributed by atoms with Crippen molar-refractivity contribution in [1.82, 2.24) is 10.6 Å². The fraction of sp³-hybridized carbons (Fsp3) is 0.500. The Balaban J connectivity index is 0.00000484. The summed E-state index contributed by atoms with van der Waals surface area (Å²) < 4.78 is 30.3. The molecule has 0 radical (unpaired) electrons. The van der Waals surface area contributed by atoms with Crippen LogP contribution in [0.2, 0.25) is 0 Å². The predicted molar refractivity (Wildman–Crippen MR) is 105 cm³/mol. The van der Waals surface area contributed by atoms with Crippen LogP contribution in [0.4, 0.5) is 5.69 Å². The van der Waals surface area contributed by atoms with Gasteiger partial charge < -0.3 is 15.4 Å². The van der Waals surface area contributed by atoms with Gasteiger partial charge in [-0.25, -0.2) is 8.42 Å². The normalized spacial score (nSPS) is 13.0. The molecular formula is C14H25IN4O3S. The summed E-state index contributed by atoms with van der Waals surface area (Å²) >= 11 is 0. The zero-order chi connectivity index (χ0) is 16.6. The van der Waals surface area contributed by atoms with Crippen LogP contribution in [0.25, 0.3) is 0 Å². The minimum atomic E-state index is -3.31. The van der Waals surface area contributed by atoms with E-state index in [-0.39, 0.29) is 30.0 Å². The van der Waals surface area contributed by atoms with Crippen LogP contribution < -0.4 is 15.4 Å². The van der Waals surface area contributed by atoms with Crippen LogP contribution in [-0.2, 0) is 21.3 Å². The smallest absolute Gasteiger partial charge is 0.229 e. The molecule has 132 valence electrons. The summed E-state index contributed by atoms with van der Waals surface area (Å²) in [6, 6.07) is 7.33. The summed E-state index contributed by atoms with van der Waals surface area (Å²) in [4.78, 5) is 4.13. The van der Waals surface area contributed by atoms with Crippen LogP contribution in [0.3, 0.4) is 0 Å². The average molecular weight is 456 g/mol. The number of methoxy groups -OCH3 is 1. The van der Waals surface area contributed by atoms with Crippen molar-refractivity contribution in [3.05, 3.63) is 29.8 Å². The number of hydrogen-bond donors (Lipinski definition) is 3. The molecule has 0 aliphatic heterocycles. The second-order valence-corrected chi connectivity index (χ2v) is 6.71. The molecule has 7 nitrogen and oxygen atoms in total. The van der Waals surface area contributed by atoms with Gasteiger partial charge in [0, 0.05) is 26.7 Å². The van der Waals surface area contributed by atoms with E-state index >= 15 is 0 Å². The standard InChI is InChI=1S/C14H24N4O3S.HI/c1-11(10-21-3)17-14(15-2)16-9-12-7-5-6-8-13(12)18-22(4,19)20;/h5-8,11,18H,9-10H2,1-4H3,(H2,15,16,17);1H. The molecule has 1 aromatic carbocycles. The molecule has 9 heteroatoms. The first-order valence-electron chi connectivity index (χ1n) is 6.87. The lowest BCUT2D eigenvalue weighted by molar-refractivity contribution is 0.179. The highest BCUT2D eigenvalue weighted by molar-refractivity contribution is 14.0. The fourth-order valence-corrected chi connectivity index (χ4v) is 2.47. The number of sulfonamides is 1. The first kappa shape index (κ1) is 21.9. The number of para-hydroxylation sites is 1. The Labute approximate surface area is 155 Å². The van der Waals surface area contributed by atoms with E-state index in [9.17, 15) is 8.42 Å². The fourth-order valence-electron chi connectivity index (χ4n) is 1.87. The van der Waals surface area contributed by atoms with Crippen molar-refractivity contribution >= 4 is 45.6 Å². The Kier molecular flexibility index (Phi) is 10.2. The molecule has 1 atom stereocenters. The molecular weight excluding hydrogens is 431 g/mol. The van der Waals surface area contributed by atoms with E-state index in [1.54, 1.807) is 26.3 Å². The van der Waals surface area contributed by atoms with Crippen LogP contribution in [0.1, 0.15) is 12.5 Å². The number of rotatable bonds is 7. The molecule has 0 aliphatic rings. The third kappa shape index (κ3) is 8.96. The van der Waals surface area contributed by atoms with Crippen molar-refractivity contribution in [3.8, 4) is 0 Å². The van der Waals surface area contributed by atoms with E-state index in [2.05, 4.69) is 20.3 Å². The van der Waals surface area contributed by atoms with Crippen molar-refractivity contribution in [2.75, 3.05) is 31.7 Å². The summed E-state index contributed by atoms with van der Waals surface area (Å²) in [5.41, 5.74) is 1.38. The summed E-state index contributed by atoms with van der Waals surface area (Å²) in [7, 11) is 0.00614. The Morgan fingerprint density at radius 1 is 1.35 bits per heavy atom. The van der Waals surface area contributed by atoms with Gasteiger partial charge in [-0.15, -0.1) is 24.0 Å². The van der Waals surface area contributed by atoms with Gasteiger partial charge in [0.1, 0.15) is 0 Å². The molecule has 1 rings (SSSR count). The van der Waals surface area contributed by atoms with Gasteiger partial charge in [0.15, 0.2) is 5.96 Å². The summed E-state index contributed by atoms with van der Waals surface area (Å²) in [6.07, 6.45) is 1.13. The number of benzene rings is 1. The number of guanidine groups is 1. The Morgan fingerprint density at radius 2 is 2.00 bits per heavy atom. The molecule has 0 saturated heterocycles. The van der Waals surface area contributed by atoms with Gasteiger partial charge in [0.05, 0.1) is 18.6 Å². The molecule has 0 spiro atoms. The SMILES string of the molecule is CN=C(NCc1ccccc1NS(C)(=O)=O)NC(C)COC.I. The molecule has 0 heterocycles. The average Bonchev–Trinajstić information content (AvgIpc) is 2.43. The lowest BCUT2D eigenvalue weighted by Gasteiger charge is -2.18. The van der Waals surface area contributed by atoms with Crippen molar-refractivity contribution in [2.24, 2.45) is 4.99 Å². The number of nitrogens with zero attached hydrogens (tertiary/aromatic N) is 1. The Hall–Kier alpha value is -1.07. The summed E-state index contributed by atoms with van der Waals surface area (Å²) in [5, 5.41) is 6.33. The largest absolute Gasteiger partial charge is 0.383 e. The number of anilines is 1. The van der Waals surface area contributed by atoms with Crippen molar-refractivity contribution in [3.63, 3.8) is 0 Å². The van der Waals surface area contributed by atoms with Gasteiger partial charge in [-0.3, -0.25) is 9.71 Å². The first-order valence-corrected chi connectivity index (χ1v) is 8.76. The third-order valence-corrected chi connectivity index (χ3v) is 3.37. The molecule has 0 bridgehead atoms. The minimum absolute atomic E-state index is 0. The highest BCUT2D eigenvalue weighted by Crippen LogP contribution is 2.15. The van der Waals surface area contributed by atoms with E-state index < -0.39 is 10.0 Å². The Morgan fingerprint density at radius 3 is 2.57 bits per heavy atom. The number of hydrogen-bond acceptors (Lipinski definition) is 4. The predicted octanol–water partition coefficient (Wildman–Crippen LogP) is 1.38. The highest BCUT2D eigenvalue weighted by Gasteiger charge is 2.08. The van der Waals surface area contributed by atoms with Gasteiger partial charge in [-0.05, 0) is 18.6 Å². The molecule has 0 amide bonds. The van der Waals surface area contributed by atoms with Crippen LogP contribution in [0.5, 0.6) is 0 Å². The molecule has 0 aromatic heterocycles. The molecule has 1 unspecified atom stereocenters. The van der Waals surface area contributed by atoms with E-state index in [4.69, 9.17) is 4.74 Å². The van der Waals surface area contributed by atoms with Crippen LogP contribution >= 0.6 is 24.0 Å². The number of halogens is 1. The van der Waals surface area contributed by atoms with E-state index in [1.807, 2.05) is 19.1 Å². The maximum atomic E-state index is 11.4. The quantitative estimate of drug-likeness (QED) is 0.328. The minimum Gasteiger partial charge on any atom is -0.383 e. The first-order chi connectivity index (χ1) is 10.4. The second kappa shape index (κ2) is 10.7. The highest BCUT2D eigenvalue weighted by atomic mass is 127. The second-order valence-electron chi connectivity index (χ2n) is 4.96. The zero-order valence-electron chi connectivity index (χ0n) is 13.8. The van der Waals surface area contributed by atoms with Crippen molar-refractivity contribution in [2.45, 2.75) is 19.5 Å². The molecule has 0 fully saturated rings. The number of aliphatic imine (C=N–C) groups is 1. The van der Waals surface area contributed by atoms with Gasteiger partial charge >= 0.3 is 0 Å². The van der Waals surface area contributed by atoms with Gasteiger partial charge in [0.25, 0.3) is 0 Å². The van der Waals surface area contributed by atoms with Gasteiger partial charge in [0.2, 0.25) is 10.0 Å². The summed E-state index contributed by atoms with van der Waals surface area (Å²) in [6.45, 7) is 2.99. The maximum Gasteiger partial charge on any atom is 0.229 e. The molecule has 0 aliphatic carbocycles. The number of nitrogens with one attached hydrogen (secondary N) is 3. The topological polar surface area (TPSA) is 91.8 Å². The van der Waals surface area contributed by atoms with Gasteiger partial charge in [-0.1, -0.05) is 18.2 Å². The lowest BCUT2D eigenvalue weighted by Crippen LogP contribution is -2.43. The number of ether oxygens (including phenoxy) is 1. The van der Waals surface area contributed by atoms with E-state index in [0.717, 1.165) is 11.8 Å². The van der Waals surface area contributed by atoms with Crippen LogP contribution in [0, 0.1) is 0 Å². The van der Waals surface area contributed by atoms with Crippen LogP contribution in [0.15, 0.2) is 29.3 Å². The molecule has 1 aromatic rings. The van der Waals surface area contributed by atoms with E-state index in [0.29, 0.717) is 24.8 Å². The maximum absolute atomic E-state index is 11.4. The Bertz CT molecular complexity index is 608. The van der Waals surface area contributed by atoms with Crippen molar-refractivity contribution < 1.29 is 13.2 Å². The van der Waals surface area contributed by atoms with Crippen molar-refractivity contribution in [1.29, 1.82) is 0 Å². The molecule has 3 N–H and O–H groups in total. The van der Waals surface area contributed by atoms with Crippen LogP contribution in [-0.4, -0.2) is 47.4 Å². The molecule has 23 heavy (non-hydrogen) atoms. The monoisotopic (exact) mass is 456 g/mol. The van der Waals surface area contributed by atoms with E-state index in [1.165, 1.54) is 0 Å².